The Morgan fingerprint density at radius 2 is 1.84 bits per heavy atom. The van der Waals surface area contributed by atoms with Crippen LogP contribution in [0.2, 0.25) is 0 Å². The SMILES string of the molecule is CCCCOc1ccc(C(=O)Nc2ccc(OC)cc2[N+](=O)[O-])cc1. The number of hydrogen-bond acceptors (Lipinski definition) is 5. The first-order valence-corrected chi connectivity index (χ1v) is 7.91. The van der Waals surface area contributed by atoms with Crippen LogP contribution < -0.4 is 14.8 Å². The van der Waals surface area contributed by atoms with E-state index in [4.69, 9.17) is 9.47 Å². The minimum atomic E-state index is -0.567. The Kier molecular flexibility index (Phi) is 6.33. The van der Waals surface area contributed by atoms with E-state index >= 15 is 0 Å². The standard InChI is InChI=1S/C18H20N2O5/c1-3-4-11-25-14-7-5-13(6-8-14)18(21)19-16-10-9-15(24-2)12-17(16)20(22)23/h5-10,12H,3-4,11H2,1-2H3,(H,19,21). The van der Waals surface area contributed by atoms with E-state index in [1.54, 1.807) is 30.3 Å². The Bertz CT molecular complexity index is 744. The van der Waals surface area contributed by atoms with E-state index in [9.17, 15) is 14.9 Å². The lowest BCUT2D eigenvalue weighted by Gasteiger charge is -2.09. The first-order chi connectivity index (χ1) is 12.0. The number of methoxy groups -OCH3 is 1. The van der Waals surface area contributed by atoms with Crippen molar-refractivity contribution in [2.24, 2.45) is 0 Å². The molecule has 2 aromatic carbocycles. The smallest absolute Gasteiger partial charge is 0.296 e. The number of hydrogen-bond donors (Lipinski definition) is 1. The highest BCUT2D eigenvalue weighted by Crippen LogP contribution is 2.29. The molecule has 2 aromatic rings. The molecule has 0 fully saturated rings. The van der Waals surface area contributed by atoms with Crippen LogP contribution in [0.15, 0.2) is 42.5 Å². The van der Waals surface area contributed by atoms with E-state index in [-0.39, 0.29) is 11.4 Å². The largest absolute Gasteiger partial charge is 0.496 e. The summed E-state index contributed by atoms with van der Waals surface area (Å²) >= 11 is 0. The van der Waals surface area contributed by atoms with Gasteiger partial charge in [-0.2, -0.15) is 0 Å². The minimum Gasteiger partial charge on any atom is -0.496 e. The van der Waals surface area contributed by atoms with Gasteiger partial charge in [-0.3, -0.25) is 14.9 Å². The first-order valence-electron chi connectivity index (χ1n) is 7.91. The molecule has 0 aliphatic heterocycles. The van der Waals surface area contributed by atoms with Crippen molar-refractivity contribution in [3.8, 4) is 11.5 Å². The Morgan fingerprint density at radius 1 is 1.16 bits per heavy atom. The molecule has 1 amide bonds. The lowest BCUT2D eigenvalue weighted by Crippen LogP contribution is -2.13. The van der Waals surface area contributed by atoms with Gasteiger partial charge >= 0.3 is 0 Å². The number of nitrogens with zero attached hydrogens (tertiary/aromatic N) is 1. The zero-order valence-electron chi connectivity index (χ0n) is 14.2. The monoisotopic (exact) mass is 344 g/mol. The number of anilines is 1. The Balaban J connectivity index is 2.10. The third-order valence-corrected chi connectivity index (χ3v) is 3.53. The van der Waals surface area contributed by atoms with Gasteiger partial charge in [0, 0.05) is 5.56 Å². The van der Waals surface area contributed by atoms with Gasteiger partial charge in [-0.1, -0.05) is 13.3 Å². The molecule has 2 rings (SSSR count). The Labute approximate surface area is 145 Å². The van der Waals surface area contributed by atoms with Crippen molar-refractivity contribution in [2.75, 3.05) is 19.0 Å². The third-order valence-electron chi connectivity index (χ3n) is 3.53. The van der Waals surface area contributed by atoms with Crippen molar-refractivity contribution in [3.05, 3.63) is 58.1 Å². The molecule has 0 saturated carbocycles. The molecule has 7 heteroatoms. The minimum absolute atomic E-state index is 0.110. The molecule has 132 valence electrons. The summed E-state index contributed by atoms with van der Waals surface area (Å²) in [6.45, 7) is 2.70. The van der Waals surface area contributed by atoms with Crippen molar-refractivity contribution >= 4 is 17.3 Å². The number of carbonyl (C=O) groups excluding carboxylic acids is 1. The molecule has 7 nitrogen and oxygen atoms in total. The number of nitrogens with one attached hydrogen (secondary N) is 1. The summed E-state index contributed by atoms with van der Waals surface area (Å²) in [5, 5.41) is 13.7. The van der Waals surface area contributed by atoms with E-state index in [1.165, 1.54) is 19.2 Å². The van der Waals surface area contributed by atoms with Crippen molar-refractivity contribution in [2.45, 2.75) is 19.8 Å². The topological polar surface area (TPSA) is 90.7 Å². The van der Waals surface area contributed by atoms with Crippen LogP contribution in [0, 0.1) is 10.1 Å². The van der Waals surface area contributed by atoms with Crippen LogP contribution >= 0.6 is 0 Å². The molecule has 25 heavy (non-hydrogen) atoms. The predicted molar refractivity (Wildman–Crippen MR) is 94.4 cm³/mol. The van der Waals surface area contributed by atoms with Crippen LogP contribution in [0.1, 0.15) is 30.1 Å². The molecule has 0 heterocycles. The van der Waals surface area contributed by atoms with Gasteiger partial charge in [0.15, 0.2) is 0 Å². The quantitative estimate of drug-likeness (QED) is 0.443. The van der Waals surface area contributed by atoms with Crippen LogP contribution in [0.4, 0.5) is 11.4 Å². The van der Waals surface area contributed by atoms with E-state index < -0.39 is 10.8 Å². The molecule has 0 aliphatic rings. The van der Waals surface area contributed by atoms with Crippen LogP contribution in [0.3, 0.4) is 0 Å². The summed E-state index contributed by atoms with van der Waals surface area (Å²) in [4.78, 5) is 22.9. The van der Waals surface area contributed by atoms with Crippen molar-refractivity contribution in [1.82, 2.24) is 0 Å². The zero-order chi connectivity index (χ0) is 18.2. The maximum atomic E-state index is 12.3. The maximum absolute atomic E-state index is 12.3. The van der Waals surface area contributed by atoms with E-state index in [1.807, 2.05) is 0 Å². The number of ether oxygens (including phenoxy) is 2. The summed E-state index contributed by atoms with van der Waals surface area (Å²) in [5.41, 5.74) is 0.263. The predicted octanol–water partition coefficient (Wildman–Crippen LogP) is 4.03. The van der Waals surface area contributed by atoms with E-state index in [2.05, 4.69) is 12.2 Å². The number of rotatable bonds is 8. The molecule has 0 atom stereocenters. The summed E-state index contributed by atoms with van der Waals surface area (Å²) in [6, 6.07) is 10.9. The fraction of sp³-hybridized carbons (Fsp3) is 0.278. The fourth-order valence-corrected chi connectivity index (χ4v) is 2.13. The summed E-state index contributed by atoms with van der Waals surface area (Å²) in [7, 11) is 1.42. The molecule has 0 spiro atoms. The van der Waals surface area contributed by atoms with E-state index in [0.717, 1.165) is 12.8 Å². The maximum Gasteiger partial charge on any atom is 0.296 e. The average molecular weight is 344 g/mol. The molecule has 0 aromatic heterocycles. The summed E-state index contributed by atoms with van der Waals surface area (Å²) in [6.07, 6.45) is 2.00. The normalized spacial score (nSPS) is 10.2. The number of nitro benzene ring substituents is 1. The highest BCUT2D eigenvalue weighted by Gasteiger charge is 2.18. The Morgan fingerprint density at radius 3 is 2.44 bits per heavy atom. The zero-order valence-corrected chi connectivity index (χ0v) is 14.2. The van der Waals surface area contributed by atoms with Gasteiger partial charge in [0.2, 0.25) is 0 Å². The van der Waals surface area contributed by atoms with E-state index in [0.29, 0.717) is 23.7 Å². The van der Waals surface area contributed by atoms with Crippen molar-refractivity contribution in [3.63, 3.8) is 0 Å². The highest BCUT2D eigenvalue weighted by atomic mass is 16.6. The number of carbonyl (C=O) groups is 1. The molecular formula is C18H20N2O5. The lowest BCUT2D eigenvalue weighted by molar-refractivity contribution is -0.384. The first kappa shape index (κ1) is 18.3. The van der Waals surface area contributed by atoms with Crippen molar-refractivity contribution in [1.29, 1.82) is 0 Å². The lowest BCUT2D eigenvalue weighted by atomic mass is 10.2. The molecule has 1 N–H and O–H groups in total. The molecule has 0 aliphatic carbocycles. The second kappa shape index (κ2) is 8.68. The highest BCUT2D eigenvalue weighted by molar-refractivity contribution is 6.05. The second-order valence-corrected chi connectivity index (χ2v) is 5.32. The third kappa shape index (κ3) is 4.94. The van der Waals surface area contributed by atoms with Gasteiger partial charge in [0.05, 0.1) is 24.7 Å². The van der Waals surface area contributed by atoms with Gasteiger partial charge in [0.1, 0.15) is 17.2 Å². The van der Waals surface area contributed by atoms with Gasteiger partial charge in [0.25, 0.3) is 11.6 Å². The van der Waals surface area contributed by atoms with Crippen LogP contribution in [0.25, 0.3) is 0 Å². The molecular weight excluding hydrogens is 324 g/mol. The summed E-state index contributed by atoms with van der Waals surface area (Å²) < 4.78 is 10.5. The molecule has 0 unspecified atom stereocenters. The number of nitro groups is 1. The van der Waals surface area contributed by atoms with Crippen LogP contribution in [-0.2, 0) is 0 Å². The van der Waals surface area contributed by atoms with Crippen LogP contribution in [0.5, 0.6) is 11.5 Å². The van der Waals surface area contributed by atoms with Gasteiger partial charge in [-0.25, -0.2) is 0 Å². The van der Waals surface area contributed by atoms with Gasteiger partial charge in [-0.15, -0.1) is 0 Å². The van der Waals surface area contributed by atoms with Crippen molar-refractivity contribution < 1.29 is 19.2 Å². The average Bonchev–Trinajstić information content (AvgIpc) is 2.62. The molecule has 0 saturated heterocycles. The molecule has 0 radical (unpaired) electrons. The number of unbranched alkanes of at least 4 members (excludes halogenated alkanes) is 1. The molecule has 0 bridgehead atoms. The Hall–Kier alpha value is -3.09. The number of benzene rings is 2. The second-order valence-electron chi connectivity index (χ2n) is 5.32. The summed E-state index contributed by atoms with van der Waals surface area (Å²) in [5.74, 6) is 0.590. The number of amides is 1. The van der Waals surface area contributed by atoms with Crippen LogP contribution in [-0.4, -0.2) is 24.5 Å². The fourth-order valence-electron chi connectivity index (χ4n) is 2.13. The van der Waals surface area contributed by atoms with Gasteiger partial charge < -0.3 is 14.8 Å². The van der Waals surface area contributed by atoms with Gasteiger partial charge in [-0.05, 0) is 42.8 Å².